The van der Waals surface area contributed by atoms with Gasteiger partial charge < -0.3 is 9.08 Å². The quantitative estimate of drug-likeness (QED) is 0.740. The van der Waals surface area contributed by atoms with Gasteiger partial charge in [0, 0.05) is 19.5 Å². The van der Waals surface area contributed by atoms with Crippen LogP contribution in [-0.2, 0) is 21.5 Å². The van der Waals surface area contributed by atoms with Gasteiger partial charge in [0.25, 0.3) is 0 Å². The standard InChI is InChI=1S/C18H18FNO4S/c1-13(21)20(16-6-7-16)12-14-2-8-17(9-3-14)24-25(22,23)18-10-4-15(19)5-11-18/h2-5,8-11,16H,6-7,12H2,1H3. The van der Waals surface area contributed by atoms with Crippen molar-refractivity contribution in [1.29, 1.82) is 0 Å². The van der Waals surface area contributed by atoms with Crippen molar-refractivity contribution >= 4 is 16.0 Å². The smallest absolute Gasteiger partial charge is 0.339 e. The van der Waals surface area contributed by atoms with Crippen molar-refractivity contribution in [3.8, 4) is 5.75 Å². The highest BCUT2D eigenvalue weighted by molar-refractivity contribution is 7.87. The van der Waals surface area contributed by atoms with Crippen molar-refractivity contribution in [1.82, 2.24) is 4.90 Å². The van der Waals surface area contributed by atoms with Gasteiger partial charge in [0.05, 0.1) is 0 Å². The lowest BCUT2D eigenvalue weighted by atomic mass is 10.2. The molecule has 7 heteroatoms. The molecule has 0 radical (unpaired) electrons. The Morgan fingerprint density at radius 3 is 2.24 bits per heavy atom. The Hall–Kier alpha value is -2.41. The van der Waals surface area contributed by atoms with Crippen LogP contribution in [0.15, 0.2) is 53.4 Å². The molecule has 0 saturated heterocycles. The first-order chi connectivity index (χ1) is 11.8. The van der Waals surface area contributed by atoms with Crippen LogP contribution >= 0.6 is 0 Å². The second-order valence-electron chi connectivity index (χ2n) is 6.01. The van der Waals surface area contributed by atoms with Gasteiger partial charge >= 0.3 is 10.1 Å². The van der Waals surface area contributed by atoms with E-state index in [2.05, 4.69) is 0 Å². The molecule has 0 spiro atoms. The Kier molecular flexibility index (Phi) is 4.76. The molecule has 0 unspecified atom stereocenters. The molecule has 1 amide bonds. The van der Waals surface area contributed by atoms with Crippen LogP contribution in [0.1, 0.15) is 25.3 Å². The van der Waals surface area contributed by atoms with Gasteiger partial charge in [-0.15, -0.1) is 0 Å². The molecule has 0 N–H and O–H groups in total. The van der Waals surface area contributed by atoms with Crippen molar-refractivity contribution in [3.05, 3.63) is 59.9 Å². The van der Waals surface area contributed by atoms with Gasteiger partial charge in [-0.25, -0.2) is 4.39 Å². The third-order valence-electron chi connectivity index (χ3n) is 3.98. The van der Waals surface area contributed by atoms with Gasteiger partial charge in [-0.2, -0.15) is 8.42 Å². The summed E-state index contributed by atoms with van der Waals surface area (Å²) in [4.78, 5) is 13.4. The minimum absolute atomic E-state index is 0.0294. The number of carbonyl (C=O) groups excluding carboxylic acids is 1. The molecule has 25 heavy (non-hydrogen) atoms. The van der Waals surface area contributed by atoms with Crippen LogP contribution in [0, 0.1) is 5.82 Å². The van der Waals surface area contributed by atoms with Crippen molar-refractivity contribution in [2.24, 2.45) is 0 Å². The first kappa shape index (κ1) is 17.4. The summed E-state index contributed by atoms with van der Waals surface area (Å²) in [5, 5.41) is 0. The molecule has 0 bridgehead atoms. The third kappa shape index (κ3) is 4.36. The van der Waals surface area contributed by atoms with Crippen molar-refractivity contribution in [2.45, 2.75) is 37.2 Å². The summed E-state index contributed by atoms with van der Waals surface area (Å²) in [5.41, 5.74) is 0.897. The van der Waals surface area contributed by atoms with Gasteiger partial charge in [-0.05, 0) is 54.8 Å². The highest BCUT2D eigenvalue weighted by atomic mass is 32.2. The molecule has 3 rings (SSSR count). The average Bonchev–Trinajstić information content (AvgIpc) is 3.38. The Balaban J connectivity index is 1.69. The molecule has 132 valence electrons. The molecular weight excluding hydrogens is 345 g/mol. The Bertz CT molecular complexity index is 859. The molecule has 1 fully saturated rings. The van der Waals surface area contributed by atoms with Crippen molar-refractivity contribution in [3.63, 3.8) is 0 Å². The molecule has 0 aliphatic heterocycles. The monoisotopic (exact) mass is 363 g/mol. The zero-order valence-electron chi connectivity index (χ0n) is 13.7. The summed E-state index contributed by atoms with van der Waals surface area (Å²) in [7, 11) is -4.01. The molecule has 2 aromatic carbocycles. The first-order valence-electron chi connectivity index (χ1n) is 7.91. The number of benzene rings is 2. The van der Waals surface area contributed by atoms with Crippen molar-refractivity contribution < 1.29 is 21.8 Å². The van der Waals surface area contributed by atoms with E-state index >= 15 is 0 Å². The van der Waals surface area contributed by atoms with Crippen molar-refractivity contribution in [2.75, 3.05) is 0 Å². The molecule has 0 heterocycles. The molecular formula is C18H18FNO4S. The predicted molar refractivity (Wildman–Crippen MR) is 89.9 cm³/mol. The highest BCUT2D eigenvalue weighted by Crippen LogP contribution is 2.29. The highest BCUT2D eigenvalue weighted by Gasteiger charge is 2.30. The zero-order chi connectivity index (χ0) is 18.0. The summed E-state index contributed by atoms with van der Waals surface area (Å²) in [6.07, 6.45) is 2.05. The summed E-state index contributed by atoms with van der Waals surface area (Å²) >= 11 is 0. The second kappa shape index (κ2) is 6.84. The summed E-state index contributed by atoms with van der Waals surface area (Å²) in [6.45, 7) is 2.04. The SMILES string of the molecule is CC(=O)N(Cc1ccc(OS(=O)(=O)c2ccc(F)cc2)cc1)C1CC1. The lowest BCUT2D eigenvalue weighted by Crippen LogP contribution is -2.30. The maximum atomic E-state index is 12.9. The number of nitrogens with zero attached hydrogens (tertiary/aromatic N) is 1. The van der Waals surface area contributed by atoms with E-state index in [9.17, 15) is 17.6 Å². The summed E-state index contributed by atoms with van der Waals surface area (Å²) in [6, 6.07) is 11.3. The minimum Gasteiger partial charge on any atom is -0.379 e. The van der Waals surface area contributed by atoms with Gasteiger partial charge in [0.15, 0.2) is 0 Å². The predicted octanol–water partition coefficient (Wildman–Crippen LogP) is 3.10. The van der Waals surface area contributed by atoms with Crippen LogP contribution in [0.2, 0.25) is 0 Å². The van der Waals surface area contributed by atoms with E-state index in [0.29, 0.717) is 12.6 Å². The Labute approximate surface area is 146 Å². The lowest BCUT2D eigenvalue weighted by Gasteiger charge is -2.20. The molecule has 1 aliphatic rings. The summed E-state index contributed by atoms with van der Waals surface area (Å²) < 4.78 is 42.3. The van der Waals surface area contributed by atoms with E-state index < -0.39 is 15.9 Å². The van der Waals surface area contributed by atoms with E-state index in [4.69, 9.17) is 4.18 Å². The number of hydrogen-bond acceptors (Lipinski definition) is 4. The number of hydrogen-bond donors (Lipinski definition) is 0. The number of carbonyl (C=O) groups is 1. The molecule has 2 aromatic rings. The van der Waals surface area contributed by atoms with E-state index in [-0.39, 0.29) is 16.6 Å². The van der Waals surface area contributed by atoms with Crippen LogP contribution < -0.4 is 4.18 Å². The van der Waals surface area contributed by atoms with Gasteiger partial charge in [-0.1, -0.05) is 12.1 Å². The lowest BCUT2D eigenvalue weighted by molar-refractivity contribution is -0.130. The van der Waals surface area contributed by atoms with Gasteiger partial charge in [0.2, 0.25) is 5.91 Å². The van der Waals surface area contributed by atoms with E-state index in [1.165, 1.54) is 0 Å². The van der Waals surface area contributed by atoms with Gasteiger partial charge in [0.1, 0.15) is 16.5 Å². The number of amides is 1. The van der Waals surface area contributed by atoms with Crippen LogP contribution in [-0.4, -0.2) is 25.3 Å². The normalized spacial score (nSPS) is 14.2. The molecule has 1 aliphatic carbocycles. The third-order valence-corrected chi connectivity index (χ3v) is 5.24. The van der Waals surface area contributed by atoms with Crippen LogP contribution in [0.4, 0.5) is 4.39 Å². The Morgan fingerprint density at radius 2 is 1.72 bits per heavy atom. The van der Waals surface area contributed by atoms with Crippen LogP contribution in [0.5, 0.6) is 5.75 Å². The summed E-state index contributed by atoms with van der Waals surface area (Å²) in [5.74, 6) is -0.329. The second-order valence-corrected chi connectivity index (χ2v) is 7.56. The molecule has 5 nitrogen and oxygen atoms in total. The average molecular weight is 363 g/mol. The largest absolute Gasteiger partial charge is 0.379 e. The maximum Gasteiger partial charge on any atom is 0.339 e. The minimum atomic E-state index is -4.01. The Morgan fingerprint density at radius 1 is 1.12 bits per heavy atom. The van der Waals surface area contributed by atoms with E-state index in [0.717, 1.165) is 42.7 Å². The zero-order valence-corrected chi connectivity index (χ0v) is 14.5. The first-order valence-corrected chi connectivity index (χ1v) is 9.32. The van der Waals surface area contributed by atoms with Gasteiger partial charge in [-0.3, -0.25) is 4.79 Å². The fraction of sp³-hybridized carbons (Fsp3) is 0.278. The number of halogens is 1. The molecule has 1 saturated carbocycles. The molecule has 0 atom stereocenters. The molecule has 0 aromatic heterocycles. The topological polar surface area (TPSA) is 63.7 Å². The number of rotatable bonds is 6. The van der Waals surface area contributed by atoms with E-state index in [1.807, 2.05) is 4.90 Å². The maximum absolute atomic E-state index is 12.9. The van der Waals surface area contributed by atoms with Crippen LogP contribution in [0.3, 0.4) is 0 Å². The fourth-order valence-corrected chi connectivity index (χ4v) is 3.44. The fourth-order valence-electron chi connectivity index (χ4n) is 2.51. The van der Waals surface area contributed by atoms with E-state index in [1.54, 1.807) is 31.2 Å². The van der Waals surface area contributed by atoms with Crippen LogP contribution in [0.25, 0.3) is 0 Å².